The SMILES string of the molecule is CC1CN(c2nccc(S(=O)(=O)c3cccc(OCc4cccc(Cl)c4)n3)c2C(N)=O)C(C)(C)C1. The molecule has 0 bridgehead atoms. The number of ether oxygens (including phenoxy) is 1. The Labute approximate surface area is 210 Å². The van der Waals surface area contributed by atoms with Crippen LogP contribution >= 0.6 is 11.6 Å². The van der Waals surface area contributed by atoms with Crippen molar-refractivity contribution in [3.8, 4) is 5.88 Å². The molecule has 0 aliphatic carbocycles. The van der Waals surface area contributed by atoms with E-state index >= 15 is 0 Å². The first-order valence-corrected chi connectivity index (χ1v) is 13.0. The van der Waals surface area contributed by atoms with Gasteiger partial charge < -0.3 is 15.4 Å². The van der Waals surface area contributed by atoms with Crippen LogP contribution in [0.1, 0.15) is 43.1 Å². The molecule has 184 valence electrons. The number of rotatable bonds is 7. The zero-order valence-electron chi connectivity index (χ0n) is 19.7. The molecule has 1 unspecified atom stereocenters. The van der Waals surface area contributed by atoms with Crippen molar-refractivity contribution < 1.29 is 17.9 Å². The van der Waals surface area contributed by atoms with Crippen LogP contribution < -0.4 is 15.4 Å². The lowest BCUT2D eigenvalue weighted by Crippen LogP contribution is -2.40. The Bertz CT molecular complexity index is 1380. The molecule has 2 aromatic heterocycles. The third-order valence-electron chi connectivity index (χ3n) is 6.01. The van der Waals surface area contributed by atoms with Gasteiger partial charge in [0.15, 0.2) is 5.03 Å². The molecule has 0 radical (unpaired) electrons. The van der Waals surface area contributed by atoms with Gasteiger partial charge >= 0.3 is 0 Å². The number of halogens is 1. The molecule has 2 N–H and O–H groups in total. The Hall–Kier alpha value is -3.17. The van der Waals surface area contributed by atoms with Gasteiger partial charge in [0.2, 0.25) is 15.7 Å². The van der Waals surface area contributed by atoms with Gasteiger partial charge in [0.1, 0.15) is 18.0 Å². The average molecular weight is 515 g/mol. The number of hydrogen-bond acceptors (Lipinski definition) is 7. The minimum Gasteiger partial charge on any atom is -0.473 e. The van der Waals surface area contributed by atoms with Gasteiger partial charge in [-0.1, -0.05) is 36.7 Å². The van der Waals surface area contributed by atoms with E-state index in [-0.39, 0.29) is 39.3 Å². The van der Waals surface area contributed by atoms with Gasteiger partial charge in [-0.05, 0) is 56.0 Å². The predicted molar refractivity (Wildman–Crippen MR) is 133 cm³/mol. The Kier molecular flexibility index (Phi) is 6.75. The molecule has 0 saturated carbocycles. The van der Waals surface area contributed by atoms with Gasteiger partial charge in [-0.2, -0.15) is 0 Å². The third-order valence-corrected chi connectivity index (χ3v) is 7.94. The number of benzene rings is 1. The maximum absolute atomic E-state index is 13.6. The Morgan fingerprint density at radius 2 is 1.97 bits per heavy atom. The van der Waals surface area contributed by atoms with Gasteiger partial charge in [0.05, 0.1) is 4.90 Å². The van der Waals surface area contributed by atoms with E-state index in [1.54, 1.807) is 24.3 Å². The van der Waals surface area contributed by atoms with Gasteiger partial charge in [-0.15, -0.1) is 0 Å². The van der Waals surface area contributed by atoms with E-state index in [4.69, 9.17) is 22.1 Å². The first-order valence-electron chi connectivity index (χ1n) is 11.1. The van der Waals surface area contributed by atoms with Crippen LogP contribution in [0.4, 0.5) is 5.82 Å². The molecule has 10 heteroatoms. The quantitative estimate of drug-likeness (QED) is 0.500. The molecular weight excluding hydrogens is 488 g/mol. The van der Waals surface area contributed by atoms with Crippen molar-refractivity contribution >= 4 is 33.2 Å². The van der Waals surface area contributed by atoms with E-state index in [0.29, 0.717) is 17.5 Å². The van der Waals surface area contributed by atoms with Crippen molar-refractivity contribution in [3.05, 3.63) is 70.9 Å². The molecule has 1 aliphatic heterocycles. The smallest absolute Gasteiger partial charge is 0.253 e. The Balaban J connectivity index is 1.71. The van der Waals surface area contributed by atoms with E-state index in [1.165, 1.54) is 24.4 Å². The summed E-state index contributed by atoms with van der Waals surface area (Å²) in [5.41, 5.74) is 6.07. The van der Waals surface area contributed by atoms with Crippen molar-refractivity contribution in [2.24, 2.45) is 11.7 Å². The number of pyridine rings is 2. The van der Waals surface area contributed by atoms with Crippen LogP contribution in [0.25, 0.3) is 0 Å². The maximum atomic E-state index is 13.6. The van der Waals surface area contributed by atoms with E-state index in [0.717, 1.165) is 12.0 Å². The average Bonchev–Trinajstić information content (AvgIpc) is 3.09. The largest absolute Gasteiger partial charge is 0.473 e. The summed E-state index contributed by atoms with van der Waals surface area (Å²) in [6, 6.07) is 12.9. The summed E-state index contributed by atoms with van der Waals surface area (Å²) in [5.74, 6) is -0.130. The van der Waals surface area contributed by atoms with Crippen molar-refractivity contribution in [1.82, 2.24) is 9.97 Å². The van der Waals surface area contributed by atoms with E-state index in [2.05, 4.69) is 16.9 Å². The molecule has 1 amide bonds. The van der Waals surface area contributed by atoms with Crippen LogP contribution in [0, 0.1) is 5.92 Å². The Morgan fingerprint density at radius 1 is 1.23 bits per heavy atom. The molecule has 3 aromatic rings. The predicted octanol–water partition coefficient (Wildman–Crippen LogP) is 4.27. The number of aromatic nitrogens is 2. The standard InChI is InChI=1S/C25H27ClN4O4S/c1-16-13-25(2,3)30(14-16)24-22(23(27)31)19(10-11-28-24)35(32,33)21-9-5-8-20(29-21)34-15-17-6-4-7-18(26)12-17/h4-12,16H,13-15H2,1-3H3,(H2,27,31). The van der Waals surface area contributed by atoms with E-state index < -0.39 is 15.7 Å². The van der Waals surface area contributed by atoms with Crippen LogP contribution in [0.15, 0.2) is 64.6 Å². The number of amides is 1. The summed E-state index contributed by atoms with van der Waals surface area (Å²) >= 11 is 6.01. The molecule has 1 atom stereocenters. The summed E-state index contributed by atoms with van der Waals surface area (Å²) < 4.78 is 33.0. The van der Waals surface area contributed by atoms with Crippen molar-refractivity contribution in [1.29, 1.82) is 0 Å². The summed E-state index contributed by atoms with van der Waals surface area (Å²) in [7, 11) is -4.21. The molecule has 0 spiro atoms. The van der Waals surface area contributed by atoms with Gasteiger partial charge in [-0.3, -0.25) is 4.79 Å². The third kappa shape index (κ3) is 5.11. The highest BCUT2D eigenvalue weighted by atomic mass is 35.5. The fourth-order valence-electron chi connectivity index (χ4n) is 4.58. The van der Waals surface area contributed by atoms with Gasteiger partial charge in [-0.25, -0.2) is 18.4 Å². The molecule has 8 nitrogen and oxygen atoms in total. The number of carbonyl (C=O) groups is 1. The second-order valence-corrected chi connectivity index (χ2v) is 11.6. The molecule has 1 saturated heterocycles. The minimum absolute atomic E-state index is 0.121. The lowest BCUT2D eigenvalue weighted by Gasteiger charge is -2.33. The summed E-state index contributed by atoms with van der Waals surface area (Å²) in [4.78, 5) is 22.8. The normalized spacial score (nSPS) is 17.4. The van der Waals surface area contributed by atoms with Crippen LogP contribution in [0.2, 0.25) is 5.02 Å². The highest BCUT2D eigenvalue weighted by Gasteiger charge is 2.40. The zero-order chi connectivity index (χ0) is 25.4. The van der Waals surface area contributed by atoms with E-state index in [1.807, 2.05) is 24.8 Å². The second kappa shape index (κ2) is 9.47. The zero-order valence-corrected chi connectivity index (χ0v) is 21.3. The molecule has 1 fully saturated rings. The van der Waals surface area contributed by atoms with Crippen LogP contribution in [-0.4, -0.2) is 36.4 Å². The molecular formula is C25H27ClN4O4S. The monoisotopic (exact) mass is 514 g/mol. The first kappa shape index (κ1) is 24.9. The minimum atomic E-state index is -4.21. The van der Waals surface area contributed by atoms with Gasteiger partial charge in [0, 0.05) is 29.4 Å². The fourth-order valence-corrected chi connectivity index (χ4v) is 6.18. The number of sulfone groups is 1. The van der Waals surface area contributed by atoms with Crippen molar-refractivity contribution in [2.45, 2.75) is 49.3 Å². The number of carbonyl (C=O) groups excluding carboxylic acids is 1. The van der Waals surface area contributed by atoms with E-state index in [9.17, 15) is 13.2 Å². The molecule has 4 rings (SSSR count). The van der Waals surface area contributed by atoms with Crippen LogP contribution in [0.5, 0.6) is 5.88 Å². The topological polar surface area (TPSA) is 115 Å². The number of nitrogens with two attached hydrogens (primary N) is 1. The van der Waals surface area contributed by atoms with Crippen molar-refractivity contribution in [3.63, 3.8) is 0 Å². The number of nitrogens with zero attached hydrogens (tertiary/aromatic N) is 3. The lowest BCUT2D eigenvalue weighted by molar-refractivity contribution is 0.0997. The van der Waals surface area contributed by atoms with Crippen LogP contribution in [0.3, 0.4) is 0 Å². The number of anilines is 1. The molecule has 35 heavy (non-hydrogen) atoms. The summed E-state index contributed by atoms with van der Waals surface area (Å²) in [5, 5.41) is 0.313. The maximum Gasteiger partial charge on any atom is 0.253 e. The van der Waals surface area contributed by atoms with Crippen LogP contribution in [-0.2, 0) is 16.4 Å². The molecule has 3 heterocycles. The highest BCUT2D eigenvalue weighted by Crippen LogP contribution is 2.39. The fraction of sp³-hybridized carbons (Fsp3) is 0.320. The Morgan fingerprint density at radius 3 is 2.63 bits per heavy atom. The molecule has 1 aromatic carbocycles. The summed E-state index contributed by atoms with van der Waals surface area (Å²) in [6.45, 7) is 6.96. The number of hydrogen-bond donors (Lipinski definition) is 1. The molecule has 1 aliphatic rings. The lowest BCUT2D eigenvalue weighted by atomic mass is 9.97. The van der Waals surface area contributed by atoms with Gasteiger partial charge in [0.25, 0.3) is 5.91 Å². The van der Waals surface area contributed by atoms with Crippen molar-refractivity contribution in [2.75, 3.05) is 11.4 Å². The second-order valence-electron chi connectivity index (χ2n) is 9.34. The first-order chi connectivity index (χ1) is 16.5. The highest BCUT2D eigenvalue weighted by molar-refractivity contribution is 7.91. The summed E-state index contributed by atoms with van der Waals surface area (Å²) in [6.07, 6.45) is 2.25. The number of primary amides is 1.